The number of hydrogen-bond acceptors (Lipinski definition) is 4. The Morgan fingerprint density at radius 1 is 0.517 bits per heavy atom. The number of aliphatic hydroxyl groups is 2. The van der Waals surface area contributed by atoms with Crippen molar-refractivity contribution < 1.29 is 130 Å². The van der Waals surface area contributed by atoms with Gasteiger partial charge in [-0.2, -0.15) is 52.7 Å². The molecule has 0 heterocycles. The molecule has 0 saturated carbocycles. The fraction of sp³-hybridized carbons (Fsp3) is 0.400. The third kappa shape index (κ3) is 17.6. The first-order valence-electron chi connectivity index (χ1n) is 5.28. The molecule has 0 unspecified atom stereocenters. The van der Waals surface area contributed by atoms with E-state index in [0.29, 0.717) is 0 Å². The van der Waals surface area contributed by atoms with Crippen molar-refractivity contribution in [2.75, 3.05) is 0 Å². The number of hydrogen-bond donors (Lipinski definition) is 2. The second-order valence-electron chi connectivity index (χ2n) is 3.78. The first-order valence-corrected chi connectivity index (χ1v) is 5.28. The van der Waals surface area contributed by atoms with Crippen LogP contribution in [0.1, 0.15) is 0 Å². The Balaban J connectivity index is -0.000000120. The number of halogens is 12. The molecule has 182 valence electrons. The summed E-state index contributed by atoms with van der Waals surface area (Å²) in [6, 6.07) is 0. The van der Waals surface area contributed by atoms with Crippen LogP contribution < -0.4 is 0 Å². The van der Waals surface area contributed by atoms with E-state index in [1.54, 1.807) is 0 Å². The first kappa shape index (κ1) is 38.6. The zero-order chi connectivity index (χ0) is 21.7. The second-order valence-corrected chi connectivity index (χ2v) is 3.78. The van der Waals surface area contributed by atoms with Gasteiger partial charge < -0.3 is 21.2 Å². The topological polar surface area (TPSA) is 138 Å². The van der Waals surface area contributed by atoms with Crippen molar-refractivity contribution >= 4 is 11.6 Å². The van der Waals surface area contributed by atoms with Gasteiger partial charge >= 0.3 is 24.7 Å². The number of carbonyl (C=O) groups is 2. The van der Waals surface area contributed by atoms with E-state index in [9.17, 15) is 62.3 Å². The molecule has 0 aromatic carbocycles. The Kier molecular flexibility index (Phi) is 17.8. The van der Waals surface area contributed by atoms with Crippen LogP contribution in [0.2, 0.25) is 0 Å². The zero-order valence-corrected chi connectivity index (χ0v) is 14.4. The third-order valence-corrected chi connectivity index (χ3v) is 1.68. The molecule has 0 saturated heterocycles. The molecular weight excluding hydrogens is 617 g/mol. The molecule has 6 N–H and O–H groups in total. The summed E-state index contributed by atoms with van der Waals surface area (Å²) < 4.78 is 136. The smallest absolute Gasteiger partial charge is 0.454 e. The molecule has 29 heavy (non-hydrogen) atoms. The van der Waals surface area contributed by atoms with Crippen LogP contribution in [0.3, 0.4) is 0 Å². The minimum atomic E-state index is -5.42. The number of allylic oxidation sites excluding steroid dienone is 4. The van der Waals surface area contributed by atoms with Gasteiger partial charge in [-0.15, -0.1) is 0 Å². The van der Waals surface area contributed by atoms with Crippen molar-refractivity contribution in [1.29, 1.82) is 0 Å². The van der Waals surface area contributed by atoms with Crippen molar-refractivity contribution in [3.8, 4) is 0 Å². The van der Waals surface area contributed by atoms with Gasteiger partial charge in [0, 0.05) is 59.1 Å². The van der Waals surface area contributed by atoms with E-state index in [4.69, 9.17) is 10.2 Å². The molecule has 0 bridgehead atoms. The molecule has 0 aromatic heterocycles. The SMILES string of the molecule is O.O.O=C(/C=C(/O)C(F)(F)F)C(F)(F)F.O=C(/C=C(\O)C(F)(F)F)C(F)(F)F.[Yb]. The molecule has 0 atom stereocenters. The van der Waals surface area contributed by atoms with Crippen molar-refractivity contribution in [2.24, 2.45) is 0 Å². The molecule has 0 aliphatic carbocycles. The Morgan fingerprint density at radius 2 is 0.690 bits per heavy atom. The summed E-state index contributed by atoms with van der Waals surface area (Å²) in [6.07, 6.45) is -23.4. The average molecular weight is 625 g/mol. The summed E-state index contributed by atoms with van der Waals surface area (Å²) in [5.41, 5.74) is 0. The van der Waals surface area contributed by atoms with Crippen LogP contribution in [-0.4, -0.2) is 57.4 Å². The van der Waals surface area contributed by atoms with Crippen molar-refractivity contribution in [3.63, 3.8) is 0 Å². The summed E-state index contributed by atoms with van der Waals surface area (Å²) >= 11 is 0. The monoisotopic (exact) mass is 626 g/mol. The van der Waals surface area contributed by atoms with E-state index < -0.39 is 59.9 Å². The van der Waals surface area contributed by atoms with Crippen LogP contribution in [0.15, 0.2) is 23.7 Å². The van der Waals surface area contributed by atoms with E-state index in [2.05, 4.69) is 0 Å². The molecule has 0 aliphatic rings. The van der Waals surface area contributed by atoms with Crippen molar-refractivity contribution in [2.45, 2.75) is 24.7 Å². The van der Waals surface area contributed by atoms with Crippen LogP contribution >= 0.6 is 0 Å². The predicted octanol–water partition coefficient (Wildman–Crippen LogP) is 2.59. The summed E-state index contributed by atoms with van der Waals surface area (Å²) in [5.74, 6) is -10.7. The normalized spacial score (nSPS) is 13.0. The van der Waals surface area contributed by atoms with Crippen LogP contribution in [-0.2, 0) is 9.59 Å². The van der Waals surface area contributed by atoms with Gasteiger partial charge in [0.15, 0.2) is 0 Å². The number of aliphatic hydroxyl groups excluding tert-OH is 2. The van der Waals surface area contributed by atoms with Gasteiger partial charge in [0.2, 0.25) is 11.5 Å². The van der Waals surface area contributed by atoms with Crippen LogP contribution in [0.25, 0.3) is 0 Å². The van der Waals surface area contributed by atoms with E-state index in [0.717, 1.165) is 0 Å². The maximum atomic E-state index is 11.4. The van der Waals surface area contributed by atoms with Crippen LogP contribution in [0, 0.1) is 46.9 Å². The summed E-state index contributed by atoms with van der Waals surface area (Å²) in [4.78, 5) is 19.7. The fourth-order valence-electron chi connectivity index (χ4n) is 0.576. The maximum absolute atomic E-state index is 11.4. The fourth-order valence-corrected chi connectivity index (χ4v) is 0.576. The average Bonchev–Trinajstić information content (AvgIpc) is 2.34. The van der Waals surface area contributed by atoms with Gasteiger partial charge in [-0.3, -0.25) is 9.59 Å². The Bertz CT molecular complexity index is 532. The quantitative estimate of drug-likeness (QED) is 0.277. The van der Waals surface area contributed by atoms with Gasteiger partial charge in [0.1, 0.15) is 0 Å². The molecule has 0 rings (SSSR count). The molecule has 0 aliphatic heterocycles. The molecule has 0 radical (unpaired) electrons. The molecule has 0 aromatic rings. The largest absolute Gasteiger partial charge is 0.504 e. The predicted molar refractivity (Wildman–Crippen MR) is 62.9 cm³/mol. The standard InChI is InChI=1S/2C5H2F6O2.2H2O.Yb/c2*6-4(7,8)2(12)1-3(13)5(9,10)11;;;/h2*1,12H;2*1H2;/b2-1+;2-1-;;;. The van der Waals surface area contributed by atoms with Gasteiger partial charge in [0.05, 0.1) is 0 Å². The van der Waals surface area contributed by atoms with Crippen molar-refractivity contribution in [1.82, 2.24) is 0 Å². The summed E-state index contributed by atoms with van der Waals surface area (Å²) in [7, 11) is 0. The number of alkyl halides is 12. The first-order chi connectivity index (χ1) is 11.1. The second kappa shape index (κ2) is 13.3. The Labute approximate surface area is 189 Å². The van der Waals surface area contributed by atoms with Crippen molar-refractivity contribution in [3.05, 3.63) is 23.7 Å². The molecule has 0 amide bonds. The van der Waals surface area contributed by atoms with E-state index in [-0.39, 0.29) is 57.9 Å². The summed E-state index contributed by atoms with van der Waals surface area (Å²) in [6.45, 7) is 0. The van der Waals surface area contributed by atoms with Crippen LogP contribution in [0.4, 0.5) is 52.7 Å². The van der Waals surface area contributed by atoms with Gasteiger partial charge in [-0.1, -0.05) is 0 Å². The zero-order valence-electron chi connectivity index (χ0n) is 12.7. The number of rotatable bonds is 2. The Hall–Kier alpha value is -0.981. The molecular formula is C10H8F12O6Yb. The third-order valence-electron chi connectivity index (χ3n) is 1.68. The molecule has 0 spiro atoms. The van der Waals surface area contributed by atoms with Gasteiger partial charge in [0.25, 0.3) is 11.6 Å². The minimum Gasteiger partial charge on any atom is -0.504 e. The van der Waals surface area contributed by atoms with Crippen LogP contribution in [0.5, 0.6) is 0 Å². The molecule has 0 fully saturated rings. The Morgan fingerprint density at radius 3 is 0.793 bits per heavy atom. The van der Waals surface area contributed by atoms with Gasteiger partial charge in [-0.25, -0.2) is 0 Å². The van der Waals surface area contributed by atoms with E-state index >= 15 is 0 Å². The van der Waals surface area contributed by atoms with E-state index in [1.165, 1.54) is 0 Å². The minimum absolute atomic E-state index is 0. The molecule has 19 heteroatoms. The maximum Gasteiger partial charge on any atom is 0.454 e. The summed E-state index contributed by atoms with van der Waals surface area (Å²) in [5, 5.41) is 15.9. The van der Waals surface area contributed by atoms with E-state index in [1.807, 2.05) is 0 Å². The van der Waals surface area contributed by atoms with Gasteiger partial charge in [-0.05, 0) is 0 Å². The molecule has 6 nitrogen and oxygen atoms in total. The number of ketones is 2. The number of carbonyl (C=O) groups excluding carboxylic acids is 2.